The molecule has 0 saturated heterocycles. The second-order valence-electron chi connectivity index (χ2n) is 9.69. The monoisotopic (exact) mass is 583 g/mol. The molecule has 0 aromatic heterocycles. The molecule has 42 heavy (non-hydrogen) atoms. The lowest BCUT2D eigenvalue weighted by molar-refractivity contribution is -0.114. The van der Waals surface area contributed by atoms with Crippen LogP contribution in [0.25, 0.3) is 16.8 Å². The molecule has 0 aliphatic heterocycles. The number of rotatable bonds is 10. The number of halogens is 2. The average Bonchev–Trinajstić information content (AvgIpc) is 2.98. The maximum Gasteiger partial charge on any atom is 0.264 e. The van der Waals surface area contributed by atoms with Crippen LogP contribution in [-0.4, -0.2) is 20.9 Å². The van der Waals surface area contributed by atoms with Crippen LogP contribution in [0, 0.1) is 11.6 Å². The van der Waals surface area contributed by atoms with Gasteiger partial charge in [-0.15, -0.1) is 0 Å². The Bertz CT molecular complexity index is 1870. The molecule has 0 saturated carbocycles. The third-order valence-electron chi connectivity index (χ3n) is 6.64. The zero-order chi connectivity index (χ0) is 29.5. The molecule has 0 aliphatic rings. The SMILES string of the molecule is O=C(/C=C/c1ccc(Cc2ccccc2)cc1OCCc1ccc2ccccc2c1)NS(=O)(=O)c1ccc(F)c(F)c1. The van der Waals surface area contributed by atoms with E-state index in [4.69, 9.17) is 4.74 Å². The number of carbonyl (C=O) groups is 1. The summed E-state index contributed by atoms with van der Waals surface area (Å²) in [6, 6.07) is 32.1. The molecular weight excluding hydrogens is 556 g/mol. The summed E-state index contributed by atoms with van der Waals surface area (Å²) in [5.41, 5.74) is 3.83. The fourth-order valence-electron chi connectivity index (χ4n) is 4.49. The molecule has 5 aromatic carbocycles. The minimum Gasteiger partial charge on any atom is -0.493 e. The molecule has 0 bridgehead atoms. The van der Waals surface area contributed by atoms with E-state index >= 15 is 0 Å². The van der Waals surface area contributed by atoms with Gasteiger partial charge < -0.3 is 4.74 Å². The second-order valence-corrected chi connectivity index (χ2v) is 11.4. The summed E-state index contributed by atoms with van der Waals surface area (Å²) >= 11 is 0. The normalized spacial score (nSPS) is 11.6. The Balaban J connectivity index is 1.32. The molecule has 0 heterocycles. The van der Waals surface area contributed by atoms with Gasteiger partial charge in [-0.1, -0.05) is 84.9 Å². The van der Waals surface area contributed by atoms with Crippen LogP contribution in [0.4, 0.5) is 8.78 Å². The van der Waals surface area contributed by atoms with Crippen LogP contribution < -0.4 is 9.46 Å². The quantitative estimate of drug-likeness (QED) is 0.183. The Morgan fingerprint density at radius 2 is 1.48 bits per heavy atom. The van der Waals surface area contributed by atoms with Gasteiger partial charge >= 0.3 is 0 Å². The first-order valence-corrected chi connectivity index (χ1v) is 14.7. The highest BCUT2D eigenvalue weighted by Crippen LogP contribution is 2.25. The number of fused-ring (bicyclic) bond motifs is 1. The molecule has 5 rings (SSSR count). The van der Waals surface area contributed by atoms with Crippen molar-refractivity contribution in [2.24, 2.45) is 0 Å². The topological polar surface area (TPSA) is 72.5 Å². The summed E-state index contributed by atoms with van der Waals surface area (Å²) in [7, 11) is -4.40. The fourth-order valence-corrected chi connectivity index (χ4v) is 5.45. The van der Waals surface area contributed by atoms with Gasteiger partial charge in [-0.2, -0.15) is 0 Å². The summed E-state index contributed by atoms with van der Waals surface area (Å²) in [5, 5.41) is 2.31. The number of sulfonamides is 1. The van der Waals surface area contributed by atoms with E-state index < -0.39 is 32.5 Å². The van der Waals surface area contributed by atoms with Gasteiger partial charge in [0, 0.05) is 18.1 Å². The average molecular weight is 584 g/mol. The van der Waals surface area contributed by atoms with E-state index in [1.165, 1.54) is 6.08 Å². The molecule has 1 N–H and O–H groups in total. The number of nitrogens with one attached hydrogen (secondary N) is 1. The molecule has 0 aliphatic carbocycles. The molecule has 8 heteroatoms. The Hall–Kier alpha value is -4.82. The van der Waals surface area contributed by atoms with E-state index in [0.29, 0.717) is 42.9 Å². The Kier molecular flexibility index (Phi) is 8.74. The molecule has 5 aromatic rings. The van der Waals surface area contributed by atoms with Crippen LogP contribution in [0.3, 0.4) is 0 Å². The van der Waals surface area contributed by atoms with Crippen LogP contribution in [-0.2, 0) is 27.7 Å². The number of hydrogen-bond donors (Lipinski definition) is 1. The Morgan fingerprint density at radius 1 is 0.738 bits per heavy atom. The standard InChI is InChI=1S/C34H27F2NO4S/c35-31-16-15-30(23-32(31)36)42(39,40)37-34(38)17-14-28-13-11-26(20-24-6-2-1-3-7-24)22-33(28)41-19-18-25-10-12-27-8-4-5-9-29(27)21-25/h1-17,21-23H,18-20H2,(H,37,38)/b17-14+. The van der Waals surface area contributed by atoms with Crippen LogP contribution in [0.2, 0.25) is 0 Å². The maximum absolute atomic E-state index is 13.5. The van der Waals surface area contributed by atoms with Crippen molar-refractivity contribution < 1.29 is 26.7 Å². The lowest BCUT2D eigenvalue weighted by Gasteiger charge is -2.12. The van der Waals surface area contributed by atoms with Crippen molar-refractivity contribution in [1.29, 1.82) is 0 Å². The van der Waals surface area contributed by atoms with Gasteiger partial charge in [0.2, 0.25) is 0 Å². The molecule has 0 unspecified atom stereocenters. The molecule has 5 nitrogen and oxygen atoms in total. The van der Waals surface area contributed by atoms with Crippen molar-refractivity contribution in [3.05, 3.63) is 149 Å². The summed E-state index contributed by atoms with van der Waals surface area (Å²) in [5.74, 6) is -2.93. The van der Waals surface area contributed by atoms with Gasteiger partial charge in [-0.05, 0) is 64.2 Å². The fraction of sp³-hybridized carbons (Fsp3) is 0.0882. The van der Waals surface area contributed by atoms with E-state index in [1.807, 2.05) is 59.3 Å². The second kappa shape index (κ2) is 12.8. The summed E-state index contributed by atoms with van der Waals surface area (Å²) in [6.45, 7) is 0.380. The third-order valence-corrected chi connectivity index (χ3v) is 7.99. The zero-order valence-corrected chi connectivity index (χ0v) is 23.3. The Morgan fingerprint density at radius 3 is 2.26 bits per heavy atom. The van der Waals surface area contributed by atoms with Gasteiger partial charge in [-0.3, -0.25) is 4.79 Å². The van der Waals surface area contributed by atoms with Gasteiger partial charge in [0.1, 0.15) is 5.75 Å². The van der Waals surface area contributed by atoms with Crippen molar-refractivity contribution in [2.45, 2.75) is 17.7 Å². The number of benzene rings is 5. The van der Waals surface area contributed by atoms with Crippen molar-refractivity contribution >= 4 is 32.8 Å². The van der Waals surface area contributed by atoms with E-state index in [9.17, 15) is 22.0 Å². The van der Waals surface area contributed by atoms with Crippen LogP contribution in [0.5, 0.6) is 5.75 Å². The highest BCUT2D eigenvalue weighted by molar-refractivity contribution is 7.90. The zero-order valence-electron chi connectivity index (χ0n) is 22.5. The minimum absolute atomic E-state index is 0.380. The molecule has 0 fully saturated rings. The molecule has 0 radical (unpaired) electrons. The lowest BCUT2D eigenvalue weighted by Crippen LogP contribution is -2.29. The number of amides is 1. The van der Waals surface area contributed by atoms with E-state index in [1.54, 1.807) is 6.07 Å². The lowest BCUT2D eigenvalue weighted by atomic mass is 10.0. The van der Waals surface area contributed by atoms with Gasteiger partial charge in [0.25, 0.3) is 15.9 Å². The van der Waals surface area contributed by atoms with Crippen LogP contribution in [0.1, 0.15) is 22.3 Å². The van der Waals surface area contributed by atoms with Crippen molar-refractivity contribution in [1.82, 2.24) is 4.72 Å². The smallest absolute Gasteiger partial charge is 0.264 e. The van der Waals surface area contributed by atoms with Crippen LogP contribution >= 0.6 is 0 Å². The van der Waals surface area contributed by atoms with E-state index in [2.05, 4.69) is 30.3 Å². The summed E-state index contributed by atoms with van der Waals surface area (Å²) in [6.07, 6.45) is 3.84. The highest BCUT2D eigenvalue weighted by atomic mass is 32.2. The third kappa shape index (κ3) is 7.27. The first-order chi connectivity index (χ1) is 20.3. The van der Waals surface area contributed by atoms with E-state index in [-0.39, 0.29) is 0 Å². The first-order valence-electron chi connectivity index (χ1n) is 13.2. The van der Waals surface area contributed by atoms with Crippen molar-refractivity contribution in [3.8, 4) is 5.75 Å². The van der Waals surface area contributed by atoms with Crippen LogP contribution in [0.15, 0.2) is 120 Å². The van der Waals surface area contributed by atoms with Gasteiger partial charge in [0.15, 0.2) is 11.6 Å². The molecule has 0 spiro atoms. The predicted octanol–water partition coefficient (Wildman–Crippen LogP) is 6.85. The number of hydrogen-bond acceptors (Lipinski definition) is 4. The molecule has 0 atom stereocenters. The predicted molar refractivity (Wildman–Crippen MR) is 160 cm³/mol. The highest BCUT2D eigenvalue weighted by Gasteiger charge is 2.18. The van der Waals surface area contributed by atoms with Gasteiger partial charge in [-0.25, -0.2) is 21.9 Å². The number of ether oxygens (including phenoxy) is 1. The molecule has 1 amide bonds. The minimum atomic E-state index is -4.40. The van der Waals surface area contributed by atoms with Crippen molar-refractivity contribution in [3.63, 3.8) is 0 Å². The summed E-state index contributed by atoms with van der Waals surface area (Å²) < 4.78 is 59.7. The molecule has 212 valence electrons. The number of carbonyl (C=O) groups excluding carboxylic acids is 1. The maximum atomic E-state index is 13.5. The largest absolute Gasteiger partial charge is 0.493 e. The Labute approximate surface area is 243 Å². The molecular formula is C34H27F2NO4S. The van der Waals surface area contributed by atoms with Gasteiger partial charge in [0.05, 0.1) is 11.5 Å². The van der Waals surface area contributed by atoms with E-state index in [0.717, 1.165) is 39.6 Å². The first kappa shape index (κ1) is 28.7. The summed E-state index contributed by atoms with van der Waals surface area (Å²) in [4.78, 5) is 11.9. The van der Waals surface area contributed by atoms with Crippen molar-refractivity contribution in [2.75, 3.05) is 6.61 Å².